The lowest BCUT2D eigenvalue weighted by atomic mass is 9.70. The minimum absolute atomic E-state index is 0.0344. The first kappa shape index (κ1) is 27.1. The molecule has 0 aliphatic carbocycles. The maximum atomic E-state index is 6.17. The summed E-state index contributed by atoms with van der Waals surface area (Å²) in [6.07, 6.45) is 2.55. The maximum absolute atomic E-state index is 6.17. The van der Waals surface area contributed by atoms with Gasteiger partial charge in [-0.1, -0.05) is 13.8 Å². The maximum Gasteiger partial charge on any atom is 0.0803 e. The van der Waals surface area contributed by atoms with E-state index >= 15 is 0 Å². The van der Waals surface area contributed by atoms with E-state index < -0.39 is 0 Å². The first-order valence-electron chi connectivity index (χ1n) is 12.8. The normalized spacial score (nSPS) is 24.2. The molecule has 2 rings (SSSR count). The Morgan fingerprint density at radius 1 is 0.710 bits per heavy atom. The van der Waals surface area contributed by atoms with Crippen LogP contribution >= 0.6 is 0 Å². The zero-order valence-corrected chi connectivity index (χ0v) is 23.2. The number of ether oxygens (including phenoxy) is 1. The molecule has 0 radical (unpaired) electrons. The fraction of sp³-hybridized carbons (Fsp3) is 1.00. The zero-order valence-electron chi connectivity index (χ0n) is 23.2. The van der Waals surface area contributed by atoms with E-state index in [9.17, 15) is 0 Å². The van der Waals surface area contributed by atoms with Crippen LogP contribution in [0.4, 0.5) is 0 Å². The summed E-state index contributed by atoms with van der Waals surface area (Å²) in [5.74, 6) is 0.736. The van der Waals surface area contributed by atoms with Crippen LogP contribution in [0.2, 0.25) is 0 Å². The van der Waals surface area contributed by atoms with Crippen molar-refractivity contribution in [3.8, 4) is 0 Å². The first-order chi connectivity index (χ1) is 13.9. The average molecular weight is 438 g/mol. The topological polar surface area (TPSA) is 19.0 Å². The van der Waals surface area contributed by atoms with Crippen molar-refractivity contribution in [1.82, 2.24) is 14.7 Å². The second-order valence-corrected chi connectivity index (χ2v) is 13.6. The van der Waals surface area contributed by atoms with E-state index in [0.717, 1.165) is 12.5 Å². The number of hydrogen-bond donors (Lipinski definition) is 0. The summed E-state index contributed by atoms with van der Waals surface area (Å²) in [5, 5.41) is 0. The smallest absolute Gasteiger partial charge is 0.0803 e. The molecule has 31 heavy (non-hydrogen) atoms. The number of nitrogens with zero attached hydrogens (tertiary/aromatic N) is 3. The molecule has 0 aromatic heterocycles. The van der Waals surface area contributed by atoms with Gasteiger partial charge < -0.3 is 4.74 Å². The second-order valence-electron chi connectivity index (χ2n) is 13.6. The number of piperazine rings is 1. The van der Waals surface area contributed by atoms with Gasteiger partial charge in [0.15, 0.2) is 0 Å². The van der Waals surface area contributed by atoms with Crippen molar-refractivity contribution < 1.29 is 4.74 Å². The Morgan fingerprint density at radius 2 is 1.23 bits per heavy atom. The summed E-state index contributed by atoms with van der Waals surface area (Å²) in [6.45, 7) is 36.3. The highest BCUT2D eigenvalue weighted by atomic mass is 16.5. The highest BCUT2D eigenvalue weighted by molar-refractivity contribution is 5.02. The van der Waals surface area contributed by atoms with Gasteiger partial charge in [-0.05, 0) is 100.0 Å². The summed E-state index contributed by atoms with van der Waals surface area (Å²) in [5.41, 5.74) is 0.733. The molecule has 0 aromatic rings. The van der Waals surface area contributed by atoms with E-state index in [1.165, 1.54) is 52.1 Å². The van der Waals surface area contributed by atoms with E-state index in [1.54, 1.807) is 0 Å². The molecular weight excluding hydrogens is 382 g/mol. The molecule has 1 atom stereocenters. The van der Waals surface area contributed by atoms with Gasteiger partial charge in [0.2, 0.25) is 0 Å². The summed E-state index contributed by atoms with van der Waals surface area (Å²) in [4.78, 5) is 8.10. The van der Waals surface area contributed by atoms with Crippen LogP contribution < -0.4 is 0 Å². The van der Waals surface area contributed by atoms with Crippen molar-refractivity contribution in [2.45, 2.75) is 118 Å². The quantitative estimate of drug-likeness (QED) is 0.498. The van der Waals surface area contributed by atoms with Gasteiger partial charge in [0.1, 0.15) is 0 Å². The lowest BCUT2D eigenvalue weighted by Crippen LogP contribution is -2.59. The molecular formula is C27H55N3O. The van der Waals surface area contributed by atoms with Crippen LogP contribution in [0.5, 0.6) is 0 Å². The van der Waals surface area contributed by atoms with Gasteiger partial charge in [-0.3, -0.25) is 14.7 Å². The van der Waals surface area contributed by atoms with Crippen molar-refractivity contribution >= 4 is 0 Å². The van der Waals surface area contributed by atoms with Gasteiger partial charge in [-0.15, -0.1) is 0 Å². The molecule has 0 amide bonds. The van der Waals surface area contributed by atoms with Crippen LogP contribution in [0, 0.1) is 11.3 Å². The molecule has 0 bridgehead atoms. The molecule has 2 aliphatic heterocycles. The van der Waals surface area contributed by atoms with Gasteiger partial charge in [0.25, 0.3) is 0 Å². The highest BCUT2D eigenvalue weighted by Gasteiger charge is 2.48. The molecule has 1 unspecified atom stereocenters. The van der Waals surface area contributed by atoms with E-state index in [-0.39, 0.29) is 22.2 Å². The lowest BCUT2D eigenvalue weighted by molar-refractivity contribution is -0.112. The van der Waals surface area contributed by atoms with Crippen LogP contribution in [-0.2, 0) is 4.74 Å². The van der Waals surface area contributed by atoms with E-state index in [0.29, 0.717) is 5.41 Å². The Balaban J connectivity index is 2.01. The molecule has 2 aliphatic rings. The Morgan fingerprint density at radius 3 is 1.71 bits per heavy atom. The van der Waals surface area contributed by atoms with Crippen molar-refractivity contribution in [3.05, 3.63) is 0 Å². The zero-order chi connectivity index (χ0) is 23.9. The fourth-order valence-electron chi connectivity index (χ4n) is 6.18. The molecule has 0 aromatic carbocycles. The fourth-order valence-corrected chi connectivity index (χ4v) is 6.18. The summed E-state index contributed by atoms with van der Waals surface area (Å²) < 4.78 is 6.17. The molecule has 4 nitrogen and oxygen atoms in total. The third-order valence-electron chi connectivity index (χ3n) is 9.04. The third-order valence-corrected chi connectivity index (χ3v) is 9.04. The molecule has 0 spiro atoms. The van der Waals surface area contributed by atoms with E-state index in [2.05, 4.69) is 97.8 Å². The average Bonchev–Trinajstić information content (AvgIpc) is 3.12. The molecule has 2 heterocycles. The van der Waals surface area contributed by atoms with Crippen LogP contribution in [0.15, 0.2) is 0 Å². The Labute approximate surface area is 195 Å². The van der Waals surface area contributed by atoms with Crippen LogP contribution in [0.25, 0.3) is 0 Å². The summed E-state index contributed by atoms with van der Waals surface area (Å²) in [7, 11) is 0. The van der Waals surface area contributed by atoms with Gasteiger partial charge in [0, 0.05) is 55.9 Å². The predicted octanol–water partition coefficient (Wildman–Crippen LogP) is 5.51. The minimum atomic E-state index is -0.146. The van der Waals surface area contributed by atoms with Crippen LogP contribution in [0.3, 0.4) is 0 Å². The SMILES string of the molecule is CCOC(C)(C)C(C)(C)N1CCC(C(C)(C)CC(C)(C)N2CCN(C(C)(C)C)CC2)C1. The standard InChI is InChI=1S/C27H55N3O/c1-13-31-27(11,12)26(9,10)30-15-14-22(20-30)24(5,6)21-25(7,8)29-18-16-28(17-19-29)23(2,3)4/h22H,13-21H2,1-12H3. The van der Waals surface area contributed by atoms with Crippen LogP contribution in [0.1, 0.15) is 95.9 Å². The third kappa shape index (κ3) is 6.05. The Hall–Kier alpha value is -0.160. The summed E-state index contributed by atoms with van der Waals surface area (Å²) >= 11 is 0. The lowest BCUT2D eigenvalue weighted by Gasteiger charge is -2.51. The van der Waals surface area contributed by atoms with Crippen LogP contribution in [-0.4, -0.2) is 82.8 Å². The van der Waals surface area contributed by atoms with Gasteiger partial charge in [-0.2, -0.15) is 0 Å². The Kier molecular flexibility index (Phi) is 8.07. The van der Waals surface area contributed by atoms with E-state index in [1.807, 2.05) is 0 Å². The highest BCUT2D eigenvalue weighted by Crippen LogP contribution is 2.45. The number of hydrogen-bond acceptors (Lipinski definition) is 4. The van der Waals surface area contributed by atoms with Crippen molar-refractivity contribution in [3.63, 3.8) is 0 Å². The van der Waals surface area contributed by atoms with Crippen molar-refractivity contribution in [2.24, 2.45) is 11.3 Å². The molecule has 0 N–H and O–H groups in total. The number of rotatable bonds is 8. The predicted molar refractivity (Wildman–Crippen MR) is 135 cm³/mol. The first-order valence-corrected chi connectivity index (χ1v) is 12.8. The Bertz CT molecular complexity index is 580. The molecule has 184 valence electrons. The van der Waals surface area contributed by atoms with E-state index in [4.69, 9.17) is 4.74 Å². The summed E-state index contributed by atoms with van der Waals surface area (Å²) in [6, 6.07) is 0. The van der Waals surface area contributed by atoms with Gasteiger partial charge >= 0.3 is 0 Å². The number of likely N-dealkylation sites (tertiary alicyclic amines) is 1. The molecule has 4 heteroatoms. The van der Waals surface area contributed by atoms with Gasteiger partial charge in [0.05, 0.1) is 5.60 Å². The minimum Gasteiger partial charge on any atom is -0.374 e. The monoisotopic (exact) mass is 437 g/mol. The largest absolute Gasteiger partial charge is 0.374 e. The molecule has 2 saturated heterocycles. The molecule has 2 fully saturated rings. The van der Waals surface area contributed by atoms with Crippen molar-refractivity contribution in [2.75, 3.05) is 45.9 Å². The second kappa shape index (κ2) is 9.24. The van der Waals surface area contributed by atoms with Gasteiger partial charge in [-0.25, -0.2) is 0 Å². The molecule has 0 saturated carbocycles. The van der Waals surface area contributed by atoms with Crippen molar-refractivity contribution in [1.29, 1.82) is 0 Å².